The Kier molecular flexibility index (Phi) is 3.91. The first-order valence-electron chi connectivity index (χ1n) is 7.34. The molecule has 0 spiro atoms. The van der Waals surface area contributed by atoms with Crippen molar-refractivity contribution in [2.45, 2.75) is 29.4 Å². The molecule has 0 atom stereocenters. The third kappa shape index (κ3) is 2.69. The van der Waals surface area contributed by atoms with E-state index < -0.39 is 32.1 Å². The number of hydrogen-bond donors (Lipinski definition) is 1. The molecule has 1 fully saturated rings. The van der Waals surface area contributed by atoms with Gasteiger partial charge in [-0.2, -0.15) is 0 Å². The van der Waals surface area contributed by atoms with Gasteiger partial charge in [-0.25, -0.2) is 17.2 Å². The summed E-state index contributed by atoms with van der Waals surface area (Å²) < 4.78 is 50.2. The van der Waals surface area contributed by atoms with Crippen LogP contribution >= 0.6 is 0 Å². The fourth-order valence-electron chi connectivity index (χ4n) is 2.49. The molecule has 1 N–H and O–H groups in total. The number of benzene rings is 2. The molecule has 24 heavy (non-hydrogen) atoms. The highest BCUT2D eigenvalue weighted by molar-refractivity contribution is 7.94. The lowest BCUT2D eigenvalue weighted by Crippen LogP contribution is -2.37. The molecule has 1 saturated carbocycles. The fraction of sp³-hybridized carbons (Fsp3) is 0.235. The summed E-state index contributed by atoms with van der Waals surface area (Å²) in [7, 11) is -3.86. The number of nitrogens with one attached hydrogen (secondary N) is 1. The molecule has 1 aliphatic rings. The van der Waals surface area contributed by atoms with Gasteiger partial charge in [0, 0.05) is 11.8 Å². The minimum absolute atomic E-state index is 0.0179. The molecule has 0 aromatic heterocycles. The van der Waals surface area contributed by atoms with Crippen LogP contribution in [0.3, 0.4) is 0 Å². The van der Waals surface area contributed by atoms with Crippen molar-refractivity contribution in [2.24, 2.45) is 0 Å². The summed E-state index contributed by atoms with van der Waals surface area (Å²) in [6.45, 7) is 1.83. The molecule has 0 bridgehead atoms. The predicted octanol–water partition coefficient (Wildman–Crippen LogP) is 3.22. The molecule has 1 amide bonds. The standard InChI is InChI=1S/C17H15F2NO3S/c1-11-2-5-13(6-3-11)24(22,23)17(8-9-17)16(21)20-12-4-7-14(18)15(19)10-12/h2-7,10H,8-9H2,1H3,(H,20,21). The molecule has 0 saturated heterocycles. The van der Waals surface area contributed by atoms with Gasteiger partial charge in [-0.05, 0) is 44.0 Å². The fourth-order valence-corrected chi connectivity index (χ4v) is 4.37. The zero-order valence-electron chi connectivity index (χ0n) is 12.8. The van der Waals surface area contributed by atoms with Gasteiger partial charge in [0.1, 0.15) is 0 Å². The van der Waals surface area contributed by atoms with Gasteiger partial charge in [0.25, 0.3) is 0 Å². The van der Waals surface area contributed by atoms with Crippen LogP contribution in [-0.4, -0.2) is 19.1 Å². The van der Waals surface area contributed by atoms with Gasteiger partial charge in [0.05, 0.1) is 4.90 Å². The molecule has 0 heterocycles. The van der Waals surface area contributed by atoms with Gasteiger partial charge < -0.3 is 5.32 Å². The number of aryl methyl sites for hydroxylation is 1. The molecular formula is C17H15F2NO3S. The average molecular weight is 351 g/mol. The van der Waals surface area contributed by atoms with Crippen molar-refractivity contribution < 1.29 is 22.0 Å². The van der Waals surface area contributed by atoms with Crippen molar-refractivity contribution in [1.82, 2.24) is 0 Å². The summed E-state index contributed by atoms with van der Waals surface area (Å²) in [5.74, 6) is -2.88. The van der Waals surface area contributed by atoms with E-state index in [2.05, 4.69) is 5.32 Å². The van der Waals surface area contributed by atoms with E-state index in [0.29, 0.717) is 0 Å². The minimum Gasteiger partial charge on any atom is -0.325 e. The molecule has 4 nitrogen and oxygen atoms in total. The summed E-state index contributed by atoms with van der Waals surface area (Å²) in [5, 5.41) is 2.38. The average Bonchev–Trinajstić information content (AvgIpc) is 3.34. The van der Waals surface area contributed by atoms with E-state index in [9.17, 15) is 22.0 Å². The van der Waals surface area contributed by atoms with E-state index in [4.69, 9.17) is 0 Å². The number of anilines is 1. The van der Waals surface area contributed by atoms with Crippen LogP contribution in [0.4, 0.5) is 14.5 Å². The first-order valence-corrected chi connectivity index (χ1v) is 8.82. The Bertz CT molecular complexity index is 904. The predicted molar refractivity (Wildman–Crippen MR) is 85.3 cm³/mol. The Morgan fingerprint density at radius 2 is 1.67 bits per heavy atom. The summed E-state index contributed by atoms with van der Waals surface area (Å²) in [5.41, 5.74) is 0.925. The summed E-state index contributed by atoms with van der Waals surface area (Å²) in [4.78, 5) is 12.5. The van der Waals surface area contributed by atoms with E-state index in [1.54, 1.807) is 12.1 Å². The van der Waals surface area contributed by atoms with Crippen LogP contribution in [0.2, 0.25) is 0 Å². The van der Waals surface area contributed by atoms with Gasteiger partial charge in [-0.1, -0.05) is 17.7 Å². The Hall–Kier alpha value is -2.28. The summed E-state index contributed by atoms with van der Waals surface area (Å²) in [6.07, 6.45) is 0.386. The van der Waals surface area contributed by atoms with Crippen LogP contribution in [0.15, 0.2) is 47.4 Å². The largest absolute Gasteiger partial charge is 0.325 e. The Labute approximate surface area is 138 Å². The van der Waals surface area contributed by atoms with Gasteiger partial charge in [0.15, 0.2) is 26.2 Å². The Balaban J connectivity index is 1.88. The van der Waals surface area contributed by atoms with Crippen LogP contribution in [0, 0.1) is 18.6 Å². The number of carbonyl (C=O) groups excluding carboxylic acids is 1. The third-order valence-electron chi connectivity index (χ3n) is 4.14. The maximum absolute atomic E-state index is 13.2. The van der Waals surface area contributed by atoms with Crippen molar-refractivity contribution in [2.75, 3.05) is 5.32 Å². The third-order valence-corrected chi connectivity index (χ3v) is 6.66. The quantitative estimate of drug-likeness (QED) is 0.920. The molecule has 2 aromatic rings. The van der Waals surface area contributed by atoms with Gasteiger partial charge in [-0.15, -0.1) is 0 Å². The topological polar surface area (TPSA) is 63.2 Å². The second-order valence-corrected chi connectivity index (χ2v) is 8.15. The molecule has 126 valence electrons. The number of sulfone groups is 1. The molecule has 1 aliphatic carbocycles. The number of halogens is 2. The van der Waals surface area contributed by atoms with Gasteiger partial charge >= 0.3 is 0 Å². The highest BCUT2D eigenvalue weighted by Gasteiger charge is 2.61. The number of carbonyl (C=O) groups is 1. The molecule has 2 aromatic carbocycles. The van der Waals surface area contributed by atoms with Crippen LogP contribution in [-0.2, 0) is 14.6 Å². The normalized spacial score (nSPS) is 15.8. The van der Waals surface area contributed by atoms with Crippen LogP contribution in [0.1, 0.15) is 18.4 Å². The van der Waals surface area contributed by atoms with Crippen LogP contribution in [0.25, 0.3) is 0 Å². The summed E-state index contributed by atoms with van der Waals surface area (Å²) in [6, 6.07) is 9.14. The Morgan fingerprint density at radius 1 is 1.04 bits per heavy atom. The molecule has 0 radical (unpaired) electrons. The highest BCUT2D eigenvalue weighted by Crippen LogP contribution is 2.47. The van der Waals surface area contributed by atoms with Gasteiger partial charge in [-0.3, -0.25) is 4.79 Å². The molecule has 0 aliphatic heterocycles. The lowest BCUT2D eigenvalue weighted by atomic mass is 10.2. The molecule has 3 rings (SSSR count). The second-order valence-electron chi connectivity index (χ2n) is 5.89. The lowest BCUT2D eigenvalue weighted by molar-refractivity contribution is -0.116. The van der Waals surface area contributed by atoms with Crippen LogP contribution in [0.5, 0.6) is 0 Å². The Morgan fingerprint density at radius 3 is 2.21 bits per heavy atom. The maximum Gasteiger partial charge on any atom is 0.246 e. The van der Waals surface area contributed by atoms with Crippen molar-refractivity contribution in [3.8, 4) is 0 Å². The maximum atomic E-state index is 13.2. The van der Waals surface area contributed by atoms with E-state index >= 15 is 0 Å². The van der Waals surface area contributed by atoms with E-state index in [1.807, 2.05) is 6.92 Å². The molecule has 0 unspecified atom stereocenters. The zero-order valence-corrected chi connectivity index (χ0v) is 13.7. The monoisotopic (exact) mass is 351 g/mol. The van der Waals surface area contributed by atoms with Crippen molar-refractivity contribution in [1.29, 1.82) is 0 Å². The first kappa shape index (κ1) is 16.6. The lowest BCUT2D eigenvalue weighted by Gasteiger charge is -2.16. The minimum atomic E-state index is -3.86. The number of amides is 1. The number of rotatable bonds is 4. The van der Waals surface area contributed by atoms with Crippen molar-refractivity contribution >= 4 is 21.4 Å². The SMILES string of the molecule is Cc1ccc(S(=O)(=O)C2(C(=O)Nc3ccc(F)c(F)c3)CC2)cc1. The smallest absolute Gasteiger partial charge is 0.246 e. The van der Waals surface area contributed by atoms with Gasteiger partial charge in [0.2, 0.25) is 5.91 Å². The summed E-state index contributed by atoms with van der Waals surface area (Å²) >= 11 is 0. The van der Waals surface area contributed by atoms with Crippen molar-refractivity contribution in [3.63, 3.8) is 0 Å². The van der Waals surface area contributed by atoms with Crippen molar-refractivity contribution in [3.05, 3.63) is 59.7 Å². The zero-order chi connectivity index (χ0) is 17.5. The van der Waals surface area contributed by atoms with E-state index in [1.165, 1.54) is 18.2 Å². The second kappa shape index (κ2) is 5.66. The highest BCUT2D eigenvalue weighted by atomic mass is 32.2. The van der Waals surface area contributed by atoms with Crippen LogP contribution < -0.4 is 5.32 Å². The van der Waals surface area contributed by atoms with E-state index in [-0.39, 0.29) is 23.4 Å². The molecule has 7 heteroatoms. The molecular weight excluding hydrogens is 336 g/mol. The number of hydrogen-bond acceptors (Lipinski definition) is 3. The first-order chi connectivity index (χ1) is 11.3. The van der Waals surface area contributed by atoms with E-state index in [0.717, 1.165) is 17.7 Å².